The summed E-state index contributed by atoms with van der Waals surface area (Å²) in [6.07, 6.45) is 0. The van der Waals surface area contributed by atoms with Gasteiger partial charge in [0.2, 0.25) is 9.84 Å². The Kier molecular flexibility index (Phi) is 5.19. The number of aromatic amines is 1. The van der Waals surface area contributed by atoms with Gasteiger partial charge in [0.1, 0.15) is 18.2 Å². The van der Waals surface area contributed by atoms with Crippen molar-refractivity contribution in [1.82, 2.24) is 9.97 Å². The molecule has 10 heteroatoms. The van der Waals surface area contributed by atoms with Gasteiger partial charge in [-0.2, -0.15) is 5.26 Å². The van der Waals surface area contributed by atoms with E-state index in [-0.39, 0.29) is 37.9 Å². The number of ether oxygens (including phenoxy) is 1. The molecule has 2 heterocycles. The van der Waals surface area contributed by atoms with Gasteiger partial charge in [0.25, 0.3) is 0 Å². The fourth-order valence-corrected chi connectivity index (χ4v) is 5.50. The van der Waals surface area contributed by atoms with Crippen molar-refractivity contribution in [2.75, 3.05) is 6.61 Å². The molecule has 1 aromatic heterocycles. The summed E-state index contributed by atoms with van der Waals surface area (Å²) in [5.74, 6) is -1.83. The molecular formula is C25H15N3O6S. The minimum Gasteiger partial charge on any atom is -0.507 e. The number of esters is 1. The highest BCUT2D eigenvalue weighted by atomic mass is 32.2. The largest absolute Gasteiger partial charge is 0.507 e. The third kappa shape index (κ3) is 3.64. The lowest BCUT2D eigenvalue weighted by molar-refractivity contribution is 0.0502. The highest BCUT2D eigenvalue weighted by Crippen LogP contribution is 2.35. The Morgan fingerprint density at radius 1 is 1.03 bits per heavy atom. The molecule has 0 radical (unpaired) electrons. The third-order valence-corrected chi connectivity index (χ3v) is 7.39. The number of sulfone groups is 1. The number of nitriles is 1. The lowest BCUT2D eigenvalue weighted by atomic mass is 10.0. The Hall–Kier alpha value is -4.75. The number of fused-ring (bicyclic) bond motifs is 3. The summed E-state index contributed by atoms with van der Waals surface area (Å²) in [5.41, 5.74) is 0.941. The van der Waals surface area contributed by atoms with Crippen LogP contribution in [0.2, 0.25) is 0 Å². The molecule has 0 saturated carbocycles. The van der Waals surface area contributed by atoms with E-state index in [1.807, 2.05) is 6.07 Å². The molecule has 0 fully saturated rings. The lowest BCUT2D eigenvalue weighted by Crippen LogP contribution is -2.21. The summed E-state index contributed by atoms with van der Waals surface area (Å²) in [5, 5.41) is 19.9. The second-order valence-electron chi connectivity index (χ2n) is 7.65. The van der Waals surface area contributed by atoms with E-state index in [2.05, 4.69) is 9.97 Å². The van der Waals surface area contributed by atoms with Crippen molar-refractivity contribution in [2.24, 2.45) is 0 Å². The number of hydrogen-bond donors (Lipinski definition) is 2. The van der Waals surface area contributed by atoms with Crippen LogP contribution in [0.1, 0.15) is 32.1 Å². The van der Waals surface area contributed by atoms with Crippen LogP contribution in [-0.2, 0) is 14.6 Å². The van der Waals surface area contributed by atoms with Crippen molar-refractivity contribution in [1.29, 1.82) is 5.26 Å². The molecule has 3 aromatic carbocycles. The maximum absolute atomic E-state index is 13.0. The van der Waals surface area contributed by atoms with Crippen LogP contribution in [0.15, 0.2) is 82.3 Å². The minimum absolute atomic E-state index is 0.0420. The first kappa shape index (κ1) is 22.1. The number of imidazole rings is 1. The highest BCUT2D eigenvalue weighted by Gasteiger charge is 2.35. The van der Waals surface area contributed by atoms with E-state index < -0.39 is 34.0 Å². The third-order valence-electron chi connectivity index (χ3n) is 5.54. The first-order valence-electron chi connectivity index (χ1n) is 10.3. The van der Waals surface area contributed by atoms with Gasteiger partial charge in [-0.1, -0.05) is 24.3 Å². The zero-order valence-electron chi connectivity index (χ0n) is 17.8. The molecule has 0 unspecified atom stereocenters. The number of aromatic nitrogens is 2. The molecule has 4 aromatic rings. The van der Waals surface area contributed by atoms with Crippen LogP contribution < -0.4 is 0 Å². The number of carbonyl (C=O) groups excluding carboxylic acids is 2. The highest BCUT2D eigenvalue weighted by molar-refractivity contribution is 7.91. The first-order valence-corrected chi connectivity index (χ1v) is 11.8. The van der Waals surface area contributed by atoms with Crippen molar-refractivity contribution in [3.8, 4) is 6.07 Å². The predicted octanol–water partition coefficient (Wildman–Crippen LogP) is 3.59. The van der Waals surface area contributed by atoms with Crippen LogP contribution in [0.25, 0.3) is 16.6 Å². The molecule has 2 N–H and O–H groups in total. The van der Waals surface area contributed by atoms with Crippen LogP contribution in [-0.4, -0.2) is 41.9 Å². The molecule has 0 aliphatic carbocycles. The zero-order chi connectivity index (χ0) is 24.7. The average molecular weight is 485 g/mol. The number of benzene rings is 3. The van der Waals surface area contributed by atoms with E-state index in [0.717, 1.165) is 6.07 Å². The maximum Gasteiger partial charge on any atom is 0.338 e. The second kappa shape index (κ2) is 8.23. The summed E-state index contributed by atoms with van der Waals surface area (Å²) in [4.78, 5) is 32.1. The number of aliphatic hydroxyl groups excluding tert-OH is 1. The fourth-order valence-electron chi connectivity index (χ4n) is 3.83. The van der Waals surface area contributed by atoms with Gasteiger partial charge in [-0.25, -0.2) is 18.2 Å². The number of rotatable bonds is 4. The lowest BCUT2D eigenvalue weighted by Gasteiger charge is -2.19. The molecule has 0 bridgehead atoms. The normalized spacial score (nSPS) is 14.4. The maximum atomic E-state index is 13.0. The minimum atomic E-state index is -4.03. The number of carbonyl (C=O) groups is 2. The molecule has 9 nitrogen and oxygen atoms in total. The smallest absolute Gasteiger partial charge is 0.338 e. The molecule has 35 heavy (non-hydrogen) atoms. The number of aliphatic hydroxyl groups is 1. The van der Waals surface area contributed by atoms with Crippen LogP contribution in [0.5, 0.6) is 0 Å². The summed E-state index contributed by atoms with van der Waals surface area (Å²) >= 11 is 0. The SMILES string of the molecule is N#CC(=C(O)COC(=O)c1ccc2c(c1)S(=O)(=O)c1ccccc1C2=O)c1nc2ccccc2[nH]1. The van der Waals surface area contributed by atoms with Gasteiger partial charge in [0.15, 0.2) is 17.4 Å². The van der Waals surface area contributed by atoms with E-state index in [1.165, 1.54) is 30.3 Å². The quantitative estimate of drug-likeness (QED) is 0.223. The van der Waals surface area contributed by atoms with Crippen molar-refractivity contribution >= 4 is 38.2 Å². The summed E-state index contributed by atoms with van der Waals surface area (Å²) < 4.78 is 31.2. The van der Waals surface area contributed by atoms with Gasteiger partial charge in [-0.05, 0) is 42.5 Å². The Morgan fingerprint density at radius 3 is 2.51 bits per heavy atom. The Morgan fingerprint density at radius 2 is 1.74 bits per heavy atom. The molecule has 1 aliphatic heterocycles. The van der Waals surface area contributed by atoms with E-state index in [9.17, 15) is 28.4 Å². The summed E-state index contributed by atoms with van der Waals surface area (Å²) in [6, 6.07) is 18.3. The predicted molar refractivity (Wildman–Crippen MR) is 123 cm³/mol. The Labute approximate surface area is 198 Å². The van der Waals surface area contributed by atoms with Crippen LogP contribution >= 0.6 is 0 Å². The van der Waals surface area contributed by atoms with Gasteiger partial charge in [-0.3, -0.25) is 4.79 Å². The van der Waals surface area contributed by atoms with E-state index in [4.69, 9.17) is 4.74 Å². The molecular weight excluding hydrogens is 470 g/mol. The Bertz CT molecular complexity index is 1690. The fraction of sp³-hybridized carbons (Fsp3) is 0.0400. The molecule has 1 aliphatic rings. The first-order chi connectivity index (χ1) is 16.8. The number of nitrogens with zero attached hydrogens (tertiary/aromatic N) is 2. The molecule has 5 rings (SSSR count). The molecule has 0 amide bonds. The van der Waals surface area contributed by atoms with Gasteiger partial charge in [0.05, 0.1) is 26.4 Å². The number of allylic oxidation sites excluding steroid dienone is 1. The Balaban J connectivity index is 1.41. The van der Waals surface area contributed by atoms with Crippen molar-refractivity contribution in [3.63, 3.8) is 0 Å². The molecule has 0 atom stereocenters. The van der Waals surface area contributed by atoms with Gasteiger partial charge < -0.3 is 14.8 Å². The van der Waals surface area contributed by atoms with Crippen molar-refractivity contribution < 1.29 is 27.9 Å². The van der Waals surface area contributed by atoms with E-state index >= 15 is 0 Å². The van der Waals surface area contributed by atoms with Crippen molar-refractivity contribution in [3.05, 3.63) is 95.0 Å². The van der Waals surface area contributed by atoms with Gasteiger partial charge >= 0.3 is 5.97 Å². The van der Waals surface area contributed by atoms with Crippen LogP contribution in [0.3, 0.4) is 0 Å². The number of para-hydroxylation sites is 2. The molecule has 0 spiro atoms. The number of H-pyrrole nitrogens is 1. The van der Waals surface area contributed by atoms with E-state index in [0.29, 0.717) is 11.0 Å². The monoisotopic (exact) mass is 485 g/mol. The van der Waals surface area contributed by atoms with Crippen LogP contribution in [0.4, 0.5) is 0 Å². The molecule has 172 valence electrons. The average Bonchev–Trinajstić information content (AvgIpc) is 3.30. The number of hydrogen-bond acceptors (Lipinski definition) is 8. The van der Waals surface area contributed by atoms with Crippen LogP contribution in [0, 0.1) is 11.3 Å². The van der Waals surface area contributed by atoms with E-state index in [1.54, 1.807) is 30.3 Å². The second-order valence-corrected chi connectivity index (χ2v) is 9.54. The van der Waals surface area contributed by atoms with Gasteiger partial charge in [0, 0.05) is 11.1 Å². The van der Waals surface area contributed by atoms with Crippen molar-refractivity contribution in [2.45, 2.75) is 9.79 Å². The summed E-state index contributed by atoms with van der Waals surface area (Å²) in [6.45, 7) is -0.648. The topological polar surface area (TPSA) is 150 Å². The van der Waals surface area contributed by atoms with Gasteiger partial charge in [-0.15, -0.1) is 0 Å². The zero-order valence-corrected chi connectivity index (χ0v) is 18.7. The summed E-state index contributed by atoms with van der Waals surface area (Å²) in [7, 11) is -4.03. The standard InChI is InChI=1S/C25H15N3O6S/c26-12-17(24-27-18-6-2-3-7-19(18)28-24)20(29)13-34-25(31)14-9-10-16-22(11-14)35(32,33)21-8-4-1-5-15(21)23(16)30/h1-11,29H,13H2,(H,27,28). The number of nitrogens with one attached hydrogen (secondary N) is 1. The number of ketones is 1. The molecule has 0 saturated heterocycles.